The summed E-state index contributed by atoms with van der Waals surface area (Å²) >= 11 is 3.76. The number of thioether (sulfide) groups is 1. The smallest absolute Gasteiger partial charge is 0.0540 e. The summed E-state index contributed by atoms with van der Waals surface area (Å²) in [7, 11) is 0. The van der Waals surface area contributed by atoms with E-state index in [0.29, 0.717) is 6.42 Å². The third-order valence-electron chi connectivity index (χ3n) is 2.08. The van der Waals surface area contributed by atoms with Gasteiger partial charge in [-0.05, 0) is 23.6 Å². The van der Waals surface area contributed by atoms with Crippen molar-refractivity contribution in [3.63, 3.8) is 0 Å². The van der Waals surface area contributed by atoms with E-state index in [-0.39, 0.29) is 6.61 Å². The molecule has 0 atom stereocenters. The van der Waals surface area contributed by atoms with Crippen molar-refractivity contribution < 1.29 is 5.11 Å². The molecule has 0 saturated carbocycles. The number of rotatable bonds is 6. The molecule has 0 bridgehead atoms. The van der Waals surface area contributed by atoms with E-state index in [9.17, 15) is 0 Å². The Labute approximate surface area is 106 Å². The fraction of sp³-hybridized carbons (Fsp3) is 0.538. The molecule has 0 aliphatic carbocycles. The minimum absolute atomic E-state index is 0.151. The van der Waals surface area contributed by atoms with Crippen LogP contribution in [0.15, 0.2) is 11.4 Å². The van der Waals surface area contributed by atoms with Crippen molar-refractivity contribution in [2.24, 2.45) is 0 Å². The maximum Gasteiger partial charge on any atom is 0.0540 e. The topological polar surface area (TPSA) is 20.2 Å². The van der Waals surface area contributed by atoms with Crippen LogP contribution in [-0.2, 0) is 5.75 Å². The van der Waals surface area contributed by atoms with Crippen LogP contribution in [-0.4, -0.2) is 17.5 Å². The maximum absolute atomic E-state index is 8.66. The first-order chi connectivity index (χ1) is 7.88. The van der Waals surface area contributed by atoms with Gasteiger partial charge in [0.2, 0.25) is 0 Å². The van der Waals surface area contributed by atoms with E-state index < -0.39 is 0 Å². The van der Waals surface area contributed by atoms with Crippen LogP contribution < -0.4 is 0 Å². The molecule has 1 rings (SSSR count). The normalized spacial score (nSPS) is 9.88. The van der Waals surface area contributed by atoms with Gasteiger partial charge in [-0.15, -0.1) is 11.3 Å². The van der Waals surface area contributed by atoms with Crippen LogP contribution in [0.5, 0.6) is 0 Å². The minimum Gasteiger partial charge on any atom is -0.395 e. The molecule has 0 aromatic carbocycles. The monoisotopic (exact) mass is 254 g/mol. The predicted octanol–water partition coefficient (Wildman–Crippen LogP) is 3.52. The average molecular weight is 254 g/mol. The summed E-state index contributed by atoms with van der Waals surface area (Å²) in [5.74, 6) is 8.40. The Morgan fingerprint density at radius 1 is 1.50 bits per heavy atom. The molecule has 16 heavy (non-hydrogen) atoms. The lowest BCUT2D eigenvalue weighted by Crippen LogP contribution is -1.83. The largest absolute Gasteiger partial charge is 0.395 e. The highest BCUT2D eigenvalue weighted by atomic mass is 32.2. The van der Waals surface area contributed by atoms with Gasteiger partial charge in [0.15, 0.2) is 0 Å². The number of hydrogen-bond donors (Lipinski definition) is 1. The van der Waals surface area contributed by atoms with E-state index >= 15 is 0 Å². The number of aliphatic hydroxyl groups excluding tert-OH is 1. The summed E-state index contributed by atoms with van der Waals surface area (Å²) in [4.78, 5) is 1.37. The van der Waals surface area contributed by atoms with Gasteiger partial charge in [0.05, 0.1) is 6.61 Å². The van der Waals surface area contributed by atoms with E-state index in [0.717, 1.165) is 11.3 Å². The van der Waals surface area contributed by atoms with Crippen LogP contribution in [0.4, 0.5) is 0 Å². The molecule has 1 nitrogen and oxygen atoms in total. The Morgan fingerprint density at radius 3 is 3.12 bits per heavy atom. The Kier molecular flexibility index (Phi) is 7.41. The second kappa shape index (κ2) is 8.69. The van der Waals surface area contributed by atoms with Crippen LogP contribution in [0.1, 0.15) is 36.6 Å². The fourth-order valence-electron chi connectivity index (χ4n) is 1.19. The zero-order valence-electron chi connectivity index (χ0n) is 9.66. The number of unbranched alkanes of at least 4 members (excludes halogenated alkanes) is 1. The first-order valence-electron chi connectivity index (χ1n) is 5.62. The highest BCUT2D eigenvalue weighted by Crippen LogP contribution is 2.22. The molecule has 3 heteroatoms. The third-order valence-corrected chi connectivity index (χ3v) is 4.25. The first-order valence-corrected chi connectivity index (χ1v) is 7.65. The first kappa shape index (κ1) is 13.6. The zero-order chi connectivity index (χ0) is 11.6. The Morgan fingerprint density at radius 2 is 2.38 bits per heavy atom. The van der Waals surface area contributed by atoms with Gasteiger partial charge in [0.25, 0.3) is 0 Å². The molecule has 1 aromatic rings. The van der Waals surface area contributed by atoms with Crippen molar-refractivity contribution in [2.75, 3.05) is 12.4 Å². The van der Waals surface area contributed by atoms with Gasteiger partial charge in [-0.3, -0.25) is 0 Å². The highest BCUT2D eigenvalue weighted by molar-refractivity contribution is 7.98. The molecule has 0 aliphatic rings. The standard InChI is InChI=1S/C13H18OS2/c1-2-3-9-15-11-13-12(7-10-16-13)6-4-5-8-14/h7,10,14H,2-3,5,8-9,11H2,1H3. The lowest BCUT2D eigenvalue weighted by Gasteiger charge is -1.98. The summed E-state index contributed by atoms with van der Waals surface area (Å²) in [5, 5.41) is 10.8. The van der Waals surface area contributed by atoms with Gasteiger partial charge in [-0.1, -0.05) is 25.2 Å². The van der Waals surface area contributed by atoms with Crippen molar-refractivity contribution in [2.45, 2.75) is 31.9 Å². The van der Waals surface area contributed by atoms with Crippen LogP contribution in [0.2, 0.25) is 0 Å². The van der Waals surface area contributed by atoms with Crippen LogP contribution in [0.25, 0.3) is 0 Å². The summed E-state index contributed by atoms with van der Waals surface area (Å²) < 4.78 is 0. The molecule has 1 N–H and O–H groups in total. The molecule has 0 radical (unpaired) electrons. The Balaban J connectivity index is 2.42. The Bertz CT molecular complexity index is 346. The summed E-state index contributed by atoms with van der Waals surface area (Å²) in [5.41, 5.74) is 1.14. The second-order valence-electron chi connectivity index (χ2n) is 3.44. The molecule has 0 fully saturated rings. The van der Waals surface area contributed by atoms with Crippen molar-refractivity contribution >= 4 is 23.1 Å². The number of hydrogen-bond acceptors (Lipinski definition) is 3. The fourth-order valence-corrected chi connectivity index (χ4v) is 3.30. The van der Waals surface area contributed by atoms with Gasteiger partial charge in [-0.25, -0.2) is 0 Å². The highest BCUT2D eigenvalue weighted by Gasteiger charge is 2.01. The van der Waals surface area contributed by atoms with Crippen LogP contribution >= 0.6 is 23.1 Å². The molecule has 0 unspecified atom stereocenters. The SMILES string of the molecule is CCCCSCc1sccc1C#CCCO. The summed E-state index contributed by atoms with van der Waals surface area (Å²) in [6, 6.07) is 2.07. The lowest BCUT2D eigenvalue weighted by molar-refractivity contribution is 0.305. The number of thiophene rings is 1. The van der Waals surface area contributed by atoms with Crippen LogP contribution in [0, 0.1) is 11.8 Å². The minimum atomic E-state index is 0.151. The zero-order valence-corrected chi connectivity index (χ0v) is 11.3. The molecule has 0 aliphatic heterocycles. The molecule has 1 heterocycles. The van der Waals surface area contributed by atoms with E-state index in [1.807, 2.05) is 11.8 Å². The van der Waals surface area contributed by atoms with E-state index in [1.165, 1.54) is 23.5 Å². The third kappa shape index (κ3) is 5.07. The molecule has 88 valence electrons. The lowest BCUT2D eigenvalue weighted by atomic mass is 10.2. The van der Waals surface area contributed by atoms with Gasteiger partial charge in [-0.2, -0.15) is 11.8 Å². The van der Waals surface area contributed by atoms with Gasteiger partial charge >= 0.3 is 0 Å². The van der Waals surface area contributed by atoms with Crippen molar-refractivity contribution in [3.8, 4) is 11.8 Å². The molecule has 0 amide bonds. The van der Waals surface area contributed by atoms with E-state index in [4.69, 9.17) is 5.11 Å². The van der Waals surface area contributed by atoms with Crippen molar-refractivity contribution in [1.82, 2.24) is 0 Å². The molecule has 0 spiro atoms. The number of aliphatic hydroxyl groups is 1. The second-order valence-corrected chi connectivity index (χ2v) is 5.54. The van der Waals surface area contributed by atoms with Gasteiger partial charge in [0, 0.05) is 22.6 Å². The summed E-state index contributed by atoms with van der Waals surface area (Å²) in [6.07, 6.45) is 3.13. The predicted molar refractivity (Wildman–Crippen MR) is 74.0 cm³/mol. The van der Waals surface area contributed by atoms with Gasteiger partial charge < -0.3 is 5.11 Å². The van der Waals surface area contributed by atoms with Gasteiger partial charge in [0.1, 0.15) is 0 Å². The maximum atomic E-state index is 8.66. The molecule has 0 saturated heterocycles. The van der Waals surface area contributed by atoms with Crippen LogP contribution in [0.3, 0.4) is 0 Å². The Hall–Kier alpha value is -0.430. The average Bonchev–Trinajstić information content (AvgIpc) is 2.73. The molecular weight excluding hydrogens is 236 g/mol. The molecule has 1 aromatic heterocycles. The van der Waals surface area contributed by atoms with E-state index in [2.05, 4.69) is 30.2 Å². The van der Waals surface area contributed by atoms with E-state index in [1.54, 1.807) is 11.3 Å². The summed E-state index contributed by atoms with van der Waals surface area (Å²) in [6.45, 7) is 2.37. The van der Waals surface area contributed by atoms with Crippen molar-refractivity contribution in [3.05, 3.63) is 21.9 Å². The quantitative estimate of drug-likeness (QED) is 0.619. The molecular formula is C13H18OS2. The van der Waals surface area contributed by atoms with Crippen molar-refractivity contribution in [1.29, 1.82) is 0 Å².